The number of rotatable bonds is 2. The van der Waals surface area contributed by atoms with E-state index in [1.165, 1.54) is 6.42 Å². The Morgan fingerprint density at radius 1 is 0.909 bits per heavy atom. The molecule has 22 heavy (non-hydrogen) atoms. The second kappa shape index (κ2) is 5.86. The molecule has 0 spiro atoms. The number of hydrogen-bond donors (Lipinski definition) is 0. The normalized spacial score (nSPS) is 28.0. The van der Waals surface area contributed by atoms with Crippen LogP contribution in [0, 0.1) is 0 Å². The van der Waals surface area contributed by atoms with Crippen LogP contribution in [0.4, 0.5) is 0 Å². The Hall–Kier alpha value is -1.06. The molecule has 2 heterocycles. The number of hydrogen-bond acceptors (Lipinski definition) is 2. The summed E-state index contributed by atoms with van der Waals surface area (Å²) in [5.74, 6) is 0. The molecule has 0 aliphatic carbocycles. The van der Waals surface area contributed by atoms with Gasteiger partial charge in [-0.15, -0.1) is 0 Å². The molecule has 0 saturated carbocycles. The van der Waals surface area contributed by atoms with E-state index in [-0.39, 0.29) is 18.4 Å². The quantitative estimate of drug-likeness (QED) is 0.746. The summed E-state index contributed by atoms with van der Waals surface area (Å²) >= 11 is 12.9. The van der Waals surface area contributed by atoms with Crippen LogP contribution >= 0.6 is 23.2 Å². The monoisotopic (exact) mass is 333 g/mol. The zero-order valence-electron chi connectivity index (χ0n) is 12.1. The van der Waals surface area contributed by atoms with Crippen molar-refractivity contribution in [2.24, 2.45) is 0 Å². The van der Waals surface area contributed by atoms with Gasteiger partial charge in [-0.2, -0.15) is 0 Å². The van der Waals surface area contributed by atoms with Gasteiger partial charge in [-0.3, -0.25) is 4.90 Å². The third-order valence-electron chi connectivity index (χ3n) is 4.62. The minimum atomic E-state index is -0.0705. The number of nitrogens with zero attached hydrogens (tertiary/aromatic N) is 1. The summed E-state index contributed by atoms with van der Waals surface area (Å²) in [6.07, 6.45) is 2.34. The molecule has 2 saturated heterocycles. The standard InChI is InChI=1S/C18H17Cl2NO/c19-14-8-3-1-6-12(14)17-18(13-7-2-4-9-15(13)20)22-16-10-5-11-21(16)17/h1-4,6-9,16-18H,5,10-11H2/t16-,17+,18+/m0/s1. The topological polar surface area (TPSA) is 12.5 Å². The van der Waals surface area contributed by atoms with Gasteiger partial charge >= 0.3 is 0 Å². The fourth-order valence-electron chi connectivity index (χ4n) is 3.65. The van der Waals surface area contributed by atoms with Crippen molar-refractivity contribution in [2.45, 2.75) is 31.2 Å². The lowest BCUT2D eigenvalue weighted by atomic mass is 9.95. The van der Waals surface area contributed by atoms with Gasteiger partial charge in [-0.25, -0.2) is 0 Å². The zero-order valence-corrected chi connectivity index (χ0v) is 13.6. The fourth-order valence-corrected chi connectivity index (χ4v) is 4.14. The van der Waals surface area contributed by atoms with Crippen LogP contribution in [0.15, 0.2) is 48.5 Å². The van der Waals surface area contributed by atoms with Gasteiger partial charge in [0.25, 0.3) is 0 Å². The van der Waals surface area contributed by atoms with Crippen LogP contribution in [0.5, 0.6) is 0 Å². The first-order chi connectivity index (χ1) is 10.8. The van der Waals surface area contributed by atoms with Crippen LogP contribution in [-0.2, 0) is 4.74 Å². The van der Waals surface area contributed by atoms with E-state index in [2.05, 4.69) is 17.0 Å². The van der Waals surface area contributed by atoms with Gasteiger partial charge < -0.3 is 4.74 Å². The number of fused-ring (bicyclic) bond motifs is 1. The summed E-state index contributed by atoms with van der Waals surface area (Å²) in [6.45, 7) is 1.04. The van der Waals surface area contributed by atoms with Crippen molar-refractivity contribution >= 4 is 23.2 Å². The molecule has 2 nitrogen and oxygen atoms in total. The van der Waals surface area contributed by atoms with Gasteiger partial charge in [-0.05, 0) is 30.5 Å². The Labute approximate surface area is 140 Å². The highest BCUT2D eigenvalue weighted by molar-refractivity contribution is 6.31. The van der Waals surface area contributed by atoms with E-state index in [0.717, 1.165) is 34.1 Å². The van der Waals surface area contributed by atoms with Crippen molar-refractivity contribution in [3.05, 3.63) is 69.7 Å². The van der Waals surface area contributed by atoms with Gasteiger partial charge in [0, 0.05) is 22.2 Å². The number of ether oxygens (including phenoxy) is 1. The first-order valence-corrected chi connectivity index (χ1v) is 8.41. The average Bonchev–Trinajstić information content (AvgIpc) is 3.09. The molecule has 3 atom stereocenters. The summed E-state index contributed by atoms with van der Waals surface area (Å²) in [6, 6.07) is 16.1. The highest BCUT2D eigenvalue weighted by Crippen LogP contribution is 2.50. The molecule has 0 amide bonds. The molecule has 2 aromatic rings. The minimum absolute atomic E-state index is 0.0705. The van der Waals surface area contributed by atoms with Crippen molar-refractivity contribution in [2.75, 3.05) is 6.54 Å². The van der Waals surface area contributed by atoms with E-state index in [1.807, 2.05) is 36.4 Å². The first-order valence-electron chi connectivity index (χ1n) is 7.66. The van der Waals surface area contributed by atoms with Crippen molar-refractivity contribution in [1.29, 1.82) is 0 Å². The number of halogens is 2. The van der Waals surface area contributed by atoms with Gasteiger partial charge in [0.1, 0.15) is 12.3 Å². The second-order valence-corrected chi connectivity index (χ2v) is 6.69. The molecule has 4 rings (SSSR count). The lowest BCUT2D eigenvalue weighted by molar-refractivity contribution is 0.0174. The van der Waals surface area contributed by atoms with Crippen LogP contribution < -0.4 is 0 Å². The largest absolute Gasteiger partial charge is 0.353 e. The summed E-state index contributed by atoms with van der Waals surface area (Å²) in [4.78, 5) is 2.43. The second-order valence-electron chi connectivity index (χ2n) is 5.88. The zero-order chi connectivity index (χ0) is 15.1. The highest BCUT2D eigenvalue weighted by Gasteiger charge is 2.46. The minimum Gasteiger partial charge on any atom is -0.353 e. The molecule has 2 aromatic carbocycles. The predicted octanol–water partition coefficient (Wildman–Crippen LogP) is 5.23. The van der Waals surface area contributed by atoms with E-state index >= 15 is 0 Å². The van der Waals surface area contributed by atoms with Crippen LogP contribution in [0.2, 0.25) is 10.0 Å². The molecular formula is C18H17Cl2NO. The maximum atomic E-state index is 6.47. The van der Waals surface area contributed by atoms with E-state index in [4.69, 9.17) is 27.9 Å². The van der Waals surface area contributed by atoms with Gasteiger partial charge in [0.15, 0.2) is 0 Å². The maximum Gasteiger partial charge on any atom is 0.112 e. The SMILES string of the molecule is Clc1ccccc1[C@H]1O[C@H]2CCCN2[C@@H]1c1ccccc1Cl. The smallest absolute Gasteiger partial charge is 0.112 e. The third-order valence-corrected chi connectivity index (χ3v) is 5.31. The Morgan fingerprint density at radius 3 is 2.23 bits per heavy atom. The van der Waals surface area contributed by atoms with Crippen molar-refractivity contribution in [1.82, 2.24) is 4.90 Å². The molecule has 0 bridgehead atoms. The molecule has 2 aliphatic heterocycles. The summed E-state index contributed by atoms with van der Waals surface area (Å²) in [5.41, 5.74) is 2.17. The Balaban J connectivity index is 1.80. The van der Waals surface area contributed by atoms with Gasteiger partial charge in [0.05, 0.1) is 6.04 Å². The molecule has 0 unspecified atom stereocenters. The molecule has 0 aromatic heterocycles. The molecular weight excluding hydrogens is 317 g/mol. The maximum absolute atomic E-state index is 6.47. The molecule has 4 heteroatoms. The lowest BCUT2D eigenvalue weighted by Gasteiger charge is -2.26. The Morgan fingerprint density at radius 2 is 1.55 bits per heavy atom. The van der Waals surface area contributed by atoms with Gasteiger partial charge in [-0.1, -0.05) is 59.6 Å². The highest BCUT2D eigenvalue weighted by atomic mass is 35.5. The van der Waals surface area contributed by atoms with Crippen molar-refractivity contribution < 1.29 is 4.74 Å². The van der Waals surface area contributed by atoms with Crippen LogP contribution in [0.3, 0.4) is 0 Å². The molecule has 2 aliphatic rings. The summed E-state index contributed by atoms with van der Waals surface area (Å²) < 4.78 is 6.36. The lowest BCUT2D eigenvalue weighted by Crippen LogP contribution is -2.27. The van der Waals surface area contributed by atoms with Gasteiger partial charge in [0.2, 0.25) is 0 Å². The van der Waals surface area contributed by atoms with E-state index in [9.17, 15) is 0 Å². The summed E-state index contributed by atoms with van der Waals surface area (Å²) in [5, 5.41) is 1.55. The van der Waals surface area contributed by atoms with E-state index < -0.39 is 0 Å². The Kier molecular flexibility index (Phi) is 3.87. The summed E-state index contributed by atoms with van der Waals surface area (Å²) in [7, 11) is 0. The Bertz CT molecular complexity index is 690. The molecule has 0 radical (unpaired) electrons. The molecule has 2 fully saturated rings. The van der Waals surface area contributed by atoms with Crippen LogP contribution in [0.1, 0.15) is 36.1 Å². The fraction of sp³-hybridized carbons (Fsp3) is 0.333. The first kappa shape index (κ1) is 14.5. The number of benzene rings is 2. The molecule has 0 N–H and O–H groups in total. The van der Waals surface area contributed by atoms with Crippen LogP contribution in [0.25, 0.3) is 0 Å². The van der Waals surface area contributed by atoms with Crippen LogP contribution in [-0.4, -0.2) is 17.7 Å². The van der Waals surface area contributed by atoms with Crippen molar-refractivity contribution in [3.63, 3.8) is 0 Å². The van der Waals surface area contributed by atoms with Crippen molar-refractivity contribution in [3.8, 4) is 0 Å². The molecule has 114 valence electrons. The predicted molar refractivity (Wildman–Crippen MR) is 89.2 cm³/mol. The van der Waals surface area contributed by atoms with E-state index in [0.29, 0.717) is 0 Å². The average molecular weight is 334 g/mol. The van der Waals surface area contributed by atoms with E-state index in [1.54, 1.807) is 0 Å². The third kappa shape index (κ3) is 2.35.